The lowest BCUT2D eigenvalue weighted by Crippen LogP contribution is -1.88. The fourth-order valence-electron chi connectivity index (χ4n) is 2.30. The summed E-state index contributed by atoms with van der Waals surface area (Å²) in [4.78, 5) is 14.2. The van der Waals surface area contributed by atoms with E-state index in [2.05, 4.69) is 32.5 Å². The predicted octanol–water partition coefficient (Wildman–Crippen LogP) is 4.42. The first kappa shape index (κ1) is 12.2. The monoisotopic (exact) mass is 289 g/mol. The van der Waals surface area contributed by atoms with Crippen LogP contribution in [0.4, 0.5) is 0 Å². The molecule has 3 heterocycles. The normalized spacial score (nSPS) is 10.9. The van der Waals surface area contributed by atoms with E-state index in [0.29, 0.717) is 0 Å². The molecule has 4 aromatic rings. The van der Waals surface area contributed by atoms with Crippen LogP contribution >= 0.6 is 11.3 Å². The van der Waals surface area contributed by atoms with E-state index >= 15 is 0 Å². The molecule has 1 aromatic carbocycles. The Labute approximate surface area is 126 Å². The molecule has 0 fully saturated rings. The number of benzene rings is 1. The van der Waals surface area contributed by atoms with Crippen molar-refractivity contribution in [3.05, 3.63) is 66.4 Å². The smallest absolute Gasteiger partial charge is 0.160 e. The number of thiophene rings is 1. The number of hydrogen-bond donors (Lipinski definition) is 0. The van der Waals surface area contributed by atoms with Crippen molar-refractivity contribution in [2.45, 2.75) is 0 Å². The highest BCUT2D eigenvalue weighted by Gasteiger charge is 2.09. The van der Waals surface area contributed by atoms with Crippen LogP contribution in [0, 0.1) is 0 Å². The van der Waals surface area contributed by atoms with E-state index in [1.165, 1.54) is 11.1 Å². The molecule has 0 amide bonds. The minimum atomic E-state index is 0.742. The van der Waals surface area contributed by atoms with Gasteiger partial charge in [-0.25, -0.2) is 9.97 Å². The molecule has 0 N–H and O–H groups in total. The highest BCUT2D eigenvalue weighted by atomic mass is 32.1. The molecule has 0 saturated carbocycles. The van der Waals surface area contributed by atoms with Gasteiger partial charge in [0.05, 0.1) is 0 Å². The Hall–Kier alpha value is -2.59. The SMILES string of the molecule is c1ccc(-c2csc3nc(-c4ccncc4)ncc23)cc1. The fourth-order valence-corrected chi connectivity index (χ4v) is 3.22. The molecular formula is C17H11N3S. The number of hydrogen-bond acceptors (Lipinski definition) is 4. The summed E-state index contributed by atoms with van der Waals surface area (Å²) in [5, 5.41) is 3.24. The first-order valence-corrected chi connectivity index (χ1v) is 7.50. The molecule has 0 aliphatic carbocycles. The van der Waals surface area contributed by atoms with Crippen molar-refractivity contribution in [1.29, 1.82) is 0 Å². The van der Waals surface area contributed by atoms with E-state index in [9.17, 15) is 0 Å². The molecule has 21 heavy (non-hydrogen) atoms. The molecule has 0 unspecified atom stereocenters. The van der Waals surface area contributed by atoms with Gasteiger partial charge in [0.15, 0.2) is 5.82 Å². The first-order chi connectivity index (χ1) is 10.4. The van der Waals surface area contributed by atoms with Crippen LogP contribution in [0.3, 0.4) is 0 Å². The standard InChI is InChI=1S/C17H11N3S/c1-2-4-12(5-3-1)15-11-21-17-14(15)10-19-16(20-17)13-6-8-18-9-7-13/h1-11H. The Morgan fingerprint density at radius 1 is 0.857 bits per heavy atom. The Balaban J connectivity index is 1.85. The Bertz CT molecular complexity index is 886. The third kappa shape index (κ3) is 2.19. The van der Waals surface area contributed by atoms with Crippen molar-refractivity contribution in [1.82, 2.24) is 15.0 Å². The third-order valence-electron chi connectivity index (χ3n) is 3.36. The third-order valence-corrected chi connectivity index (χ3v) is 4.24. The van der Waals surface area contributed by atoms with Crippen LogP contribution in [0.2, 0.25) is 0 Å². The predicted molar refractivity (Wildman–Crippen MR) is 86.1 cm³/mol. The van der Waals surface area contributed by atoms with Crippen LogP contribution in [0.1, 0.15) is 0 Å². The lowest BCUT2D eigenvalue weighted by Gasteiger charge is -2.01. The molecule has 0 atom stereocenters. The quantitative estimate of drug-likeness (QED) is 0.548. The minimum Gasteiger partial charge on any atom is -0.265 e. The van der Waals surface area contributed by atoms with Gasteiger partial charge in [0.1, 0.15) is 4.83 Å². The summed E-state index contributed by atoms with van der Waals surface area (Å²) in [5.74, 6) is 0.742. The van der Waals surface area contributed by atoms with Gasteiger partial charge in [-0.05, 0) is 17.7 Å². The molecule has 3 nitrogen and oxygen atoms in total. The van der Waals surface area contributed by atoms with Gasteiger partial charge < -0.3 is 0 Å². The van der Waals surface area contributed by atoms with Crippen molar-refractivity contribution < 1.29 is 0 Å². The van der Waals surface area contributed by atoms with Crippen LogP contribution in [0.25, 0.3) is 32.7 Å². The first-order valence-electron chi connectivity index (χ1n) is 6.62. The maximum Gasteiger partial charge on any atom is 0.160 e. The second kappa shape index (κ2) is 5.07. The van der Waals surface area contributed by atoms with Crippen LogP contribution < -0.4 is 0 Å². The van der Waals surface area contributed by atoms with Crippen molar-refractivity contribution in [2.24, 2.45) is 0 Å². The van der Waals surface area contributed by atoms with Gasteiger partial charge in [-0.1, -0.05) is 30.3 Å². The molecule has 0 spiro atoms. The molecule has 4 heteroatoms. The van der Waals surface area contributed by atoms with Gasteiger partial charge in [-0.3, -0.25) is 4.98 Å². The van der Waals surface area contributed by atoms with Crippen molar-refractivity contribution in [2.75, 3.05) is 0 Å². The fraction of sp³-hybridized carbons (Fsp3) is 0. The lowest BCUT2D eigenvalue weighted by atomic mass is 10.1. The average molecular weight is 289 g/mol. The van der Waals surface area contributed by atoms with Gasteiger partial charge in [0.25, 0.3) is 0 Å². The van der Waals surface area contributed by atoms with E-state index in [-0.39, 0.29) is 0 Å². The highest BCUT2D eigenvalue weighted by Crippen LogP contribution is 2.33. The molecule has 0 radical (unpaired) electrons. The van der Waals surface area contributed by atoms with Crippen LogP contribution in [0.5, 0.6) is 0 Å². The summed E-state index contributed by atoms with van der Waals surface area (Å²) in [7, 11) is 0. The zero-order valence-corrected chi connectivity index (χ0v) is 11.9. The average Bonchev–Trinajstić information content (AvgIpc) is 2.99. The maximum absolute atomic E-state index is 4.67. The molecular weight excluding hydrogens is 278 g/mol. The Morgan fingerprint density at radius 2 is 1.67 bits per heavy atom. The summed E-state index contributed by atoms with van der Waals surface area (Å²) >= 11 is 1.65. The van der Waals surface area contributed by atoms with Gasteiger partial charge >= 0.3 is 0 Å². The van der Waals surface area contributed by atoms with E-state index in [1.807, 2.05) is 36.5 Å². The lowest BCUT2D eigenvalue weighted by molar-refractivity contribution is 1.22. The second-order valence-electron chi connectivity index (χ2n) is 4.66. The maximum atomic E-state index is 4.67. The number of pyridine rings is 1. The van der Waals surface area contributed by atoms with Crippen molar-refractivity contribution in [3.8, 4) is 22.5 Å². The molecule has 0 aliphatic rings. The summed E-state index contributed by atoms with van der Waals surface area (Å²) in [5.41, 5.74) is 3.38. The van der Waals surface area contributed by atoms with Gasteiger partial charge in [-0.2, -0.15) is 0 Å². The largest absolute Gasteiger partial charge is 0.265 e. The summed E-state index contributed by atoms with van der Waals surface area (Å²) in [6, 6.07) is 14.2. The van der Waals surface area contributed by atoms with Crippen molar-refractivity contribution >= 4 is 21.6 Å². The van der Waals surface area contributed by atoms with Crippen LogP contribution in [-0.4, -0.2) is 15.0 Å². The highest BCUT2D eigenvalue weighted by molar-refractivity contribution is 7.17. The van der Waals surface area contributed by atoms with Gasteiger partial charge in [0, 0.05) is 40.5 Å². The van der Waals surface area contributed by atoms with E-state index in [4.69, 9.17) is 0 Å². The number of rotatable bonds is 2. The molecule has 4 rings (SSSR count). The number of aromatic nitrogens is 3. The number of nitrogens with zero attached hydrogens (tertiary/aromatic N) is 3. The zero-order chi connectivity index (χ0) is 14.1. The molecule has 0 saturated heterocycles. The minimum absolute atomic E-state index is 0.742. The summed E-state index contributed by atoms with van der Waals surface area (Å²) in [6.45, 7) is 0. The zero-order valence-electron chi connectivity index (χ0n) is 11.1. The summed E-state index contributed by atoms with van der Waals surface area (Å²) in [6.07, 6.45) is 5.43. The Kier molecular flexibility index (Phi) is 2.94. The van der Waals surface area contributed by atoms with Gasteiger partial charge in [0.2, 0.25) is 0 Å². The summed E-state index contributed by atoms with van der Waals surface area (Å²) < 4.78 is 0. The molecule has 3 aromatic heterocycles. The number of fused-ring (bicyclic) bond motifs is 1. The topological polar surface area (TPSA) is 38.7 Å². The van der Waals surface area contributed by atoms with E-state index < -0.39 is 0 Å². The van der Waals surface area contributed by atoms with E-state index in [0.717, 1.165) is 21.6 Å². The van der Waals surface area contributed by atoms with Gasteiger partial charge in [-0.15, -0.1) is 11.3 Å². The second-order valence-corrected chi connectivity index (χ2v) is 5.52. The molecule has 0 aliphatic heterocycles. The Morgan fingerprint density at radius 3 is 2.48 bits per heavy atom. The molecule has 0 bridgehead atoms. The molecule has 100 valence electrons. The van der Waals surface area contributed by atoms with Crippen molar-refractivity contribution in [3.63, 3.8) is 0 Å². The van der Waals surface area contributed by atoms with Crippen LogP contribution in [-0.2, 0) is 0 Å². The van der Waals surface area contributed by atoms with Crippen LogP contribution in [0.15, 0.2) is 66.4 Å². The van der Waals surface area contributed by atoms with E-state index in [1.54, 1.807) is 23.7 Å².